The van der Waals surface area contributed by atoms with Crippen LogP contribution in [0.4, 0.5) is 18.0 Å². The number of nitrogens with zero attached hydrogens (tertiary/aromatic N) is 1. The monoisotopic (exact) mass is 387 g/mol. The molecule has 1 aromatic carbocycles. The van der Waals surface area contributed by atoms with E-state index < -0.39 is 51.6 Å². The molecule has 1 aromatic rings. The second-order valence-electron chi connectivity index (χ2n) is 8.10. The van der Waals surface area contributed by atoms with Gasteiger partial charge in [-0.05, 0) is 47.0 Å². The molecular formula is C19H24F3NO4. The van der Waals surface area contributed by atoms with Crippen molar-refractivity contribution >= 4 is 11.9 Å². The normalized spacial score (nSPS) is 26.0. The molecule has 0 radical (unpaired) electrons. The van der Waals surface area contributed by atoms with Crippen molar-refractivity contribution in [1.82, 2.24) is 4.90 Å². The van der Waals surface area contributed by atoms with Gasteiger partial charge < -0.3 is 9.84 Å². The van der Waals surface area contributed by atoms with Gasteiger partial charge in [-0.15, -0.1) is 0 Å². The fourth-order valence-corrected chi connectivity index (χ4v) is 3.51. The van der Waals surface area contributed by atoms with Crippen LogP contribution in [0.3, 0.4) is 0 Å². The second-order valence-corrected chi connectivity index (χ2v) is 8.10. The number of carbonyl (C=O) groups is 2. The summed E-state index contributed by atoms with van der Waals surface area (Å²) in [4.78, 5) is 26.6. The molecule has 1 fully saturated rings. The van der Waals surface area contributed by atoms with Crippen LogP contribution in [0.5, 0.6) is 0 Å². The van der Waals surface area contributed by atoms with Crippen LogP contribution in [0.1, 0.15) is 52.5 Å². The predicted octanol–water partition coefficient (Wildman–Crippen LogP) is 3.67. The van der Waals surface area contributed by atoms with Gasteiger partial charge in [0, 0.05) is 19.2 Å². The lowest BCUT2D eigenvalue weighted by Crippen LogP contribution is -2.62. The van der Waals surface area contributed by atoms with Crippen molar-refractivity contribution in [2.75, 3.05) is 7.05 Å². The quantitative estimate of drug-likeness (QED) is 0.841. The highest BCUT2D eigenvalue weighted by molar-refractivity contribution is 5.99. The largest absolute Gasteiger partial charge is 0.444 e. The van der Waals surface area contributed by atoms with Crippen LogP contribution < -0.4 is 0 Å². The number of ketones is 1. The lowest BCUT2D eigenvalue weighted by atomic mass is 9.68. The third-order valence-electron chi connectivity index (χ3n) is 4.73. The van der Waals surface area contributed by atoms with Crippen LogP contribution >= 0.6 is 0 Å². The molecule has 1 saturated carbocycles. The van der Waals surface area contributed by atoms with Gasteiger partial charge in [0.25, 0.3) is 0 Å². The van der Waals surface area contributed by atoms with E-state index in [0.717, 1.165) is 4.90 Å². The molecule has 2 atom stereocenters. The lowest BCUT2D eigenvalue weighted by molar-refractivity contribution is -0.155. The van der Waals surface area contributed by atoms with E-state index in [9.17, 15) is 27.9 Å². The molecule has 1 aliphatic rings. The zero-order valence-corrected chi connectivity index (χ0v) is 16.0. The highest BCUT2D eigenvalue weighted by atomic mass is 19.1. The summed E-state index contributed by atoms with van der Waals surface area (Å²) < 4.78 is 47.9. The van der Waals surface area contributed by atoms with Crippen LogP contribution in [0.25, 0.3) is 0 Å². The van der Waals surface area contributed by atoms with Gasteiger partial charge >= 0.3 is 6.09 Å². The Hall–Kier alpha value is -2.09. The maximum atomic E-state index is 14.6. The molecule has 5 nitrogen and oxygen atoms in total. The Morgan fingerprint density at radius 3 is 2.19 bits per heavy atom. The molecule has 0 bridgehead atoms. The topological polar surface area (TPSA) is 66.8 Å². The van der Waals surface area contributed by atoms with Crippen molar-refractivity contribution in [3.63, 3.8) is 0 Å². The Morgan fingerprint density at radius 2 is 1.70 bits per heavy atom. The number of hydrogen-bond donors (Lipinski definition) is 1. The van der Waals surface area contributed by atoms with Gasteiger partial charge in [0.2, 0.25) is 0 Å². The molecule has 27 heavy (non-hydrogen) atoms. The van der Waals surface area contributed by atoms with Crippen LogP contribution in [0.15, 0.2) is 12.1 Å². The number of benzene rings is 1. The van der Waals surface area contributed by atoms with E-state index in [4.69, 9.17) is 4.74 Å². The predicted molar refractivity (Wildman–Crippen MR) is 91.5 cm³/mol. The van der Waals surface area contributed by atoms with E-state index >= 15 is 0 Å². The van der Waals surface area contributed by atoms with E-state index in [1.165, 1.54) is 14.0 Å². The number of halogens is 3. The van der Waals surface area contributed by atoms with Crippen molar-refractivity contribution in [2.24, 2.45) is 0 Å². The Balaban J connectivity index is 2.71. The molecule has 0 unspecified atom stereocenters. The Morgan fingerprint density at radius 1 is 1.19 bits per heavy atom. The van der Waals surface area contributed by atoms with Crippen molar-refractivity contribution in [3.05, 3.63) is 35.1 Å². The number of hydrogen-bond acceptors (Lipinski definition) is 4. The molecule has 0 aliphatic heterocycles. The van der Waals surface area contributed by atoms with Gasteiger partial charge in [-0.2, -0.15) is 0 Å². The van der Waals surface area contributed by atoms with Crippen molar-refractivity contribution in [1.29, 1.82) is 0 Å². The molecule has 1 amide bonds. The zero-order chi connectivity index (χ0) is 20.8. The Kier molecular flexibility index (Phi) is 5.35. The van der Waals surface area contributed by atoms with Crippen LogP contribution in [0, 0.1) is 17.5 Å². The molecule has 0 spiro atoms. The average Bonchev–Trinajstić information content (AvgIpc) is 2.48. The highest BCUT2D eigenvalue weighted by Gasteiger charge is 2.57. The maximum absolute atomic E-state index is 14.6. The van der Waals surface area contributed by atoms with Crippen molar-refractivity contribution in [2.45, 2.75) is 63.7 Å². The summed E-state index contributed by atoms with van der Waals surface area (Å²) in [7, 11) is 1.18. The van der Waals surface area contributed by atoms with Crippen LogP contribution in [-0.4, -0.2) is 40.1 Å². The fourth-order valence-electron chi connectivity index (χ4n) is 3.51. The smallest absolute Gasteiger partial charge is 0.411 e. The third-order valence-corrected chi connectivity index (χ3v) is 4.73. The van der Waals surface area contributed by atoms with Crippen molar-refractivity contribution < 1.29 is 32.6 Å². The number of ether oxygens (including phenoxy) is 1. The molecule has 150 valence electrons. The van der Waals surface area contributed by atoms with Gasteiger partial charge in [0.15, 0.2) is 5.78 Å². The molecule has 0 heterocycles. The highest BCUT2D eigenvalue weighted by Crippen LogP contribution is 2.45. The molecule has 0 saturated heterocycles. The minimum absolute atomic E-state index is 0.0696. The summed E-state index contributed by atoms with van der Waals surface area (Å²) in [6, 6.07) is 0.888. The second kappa shape index (κ2) is 6.82. The third kappa shape index (κ3) is 3.81. The van der Waals surface area contributed by atoms with Gasteiger partial charge in [-0.25, -0.2) is 18.0 Å². The molecule has 2 rings (SSSR count). The van der Waals surface area contributed by atoms with E-state index in [1.54, 1.807) is 20.8 Å². The summed E-state index contributed by atoms with van der Waals surface area (Å²) in [5, 5.41) is 10.5. The van der Waals surface area contributed by atoms with Crippen LogP contribution in [-0.2, 0) is 15.1 Å². The van der Waals surface area contributed by atoms with Gasteiger partial charge in [-0.1, -0.05) is 0 Å². The van der Waals surface area contributed by atoms with E-state index in [-0.39, 0.29) is 19.3 Å². The Bertz CT molecular complexity index is 750. The first kappa shape index (κ1) is 21.2. The summed E-state index contributed by atoms with van der Waals surface area (Å²) in [6.07, 6.45) is -0.851. The van der Waals surface area contributed by atoms with Gasteiger partial charge in [0.05, 0.1) is 5.56 Å². The summed E-state index contributed by atoms with van der Waals surface area (Å²) >= 11 is 0. The molecule has 1 aliphatic carbocycles. The first-order valence-corrected chi connectivity index (χ1v) is 8.61. The number of rotatable bonds is 2. The van der Waals surface area contributed by atoms with Gasteiger partial charge in [-0.3, -0.25) is 9.69 Å². The Labute approximate surface area is 156 Å². The van der Waals surface area contributed by atoms with E-state index in [1.807, 2.05) is 0 Å². The fraction of sp³-hybridized carbons (Fsp3) is 0.579. The summed E-state index contributed by atoms with van der Waals surface area (Å²) in [5.41, 5.74) is -5.78. The van der Waals surface area contributed by atoms with E-state index in [0.29, 0.717) is 12.1 Å². The average molecular weight is 387 g/mol. The number of aliphatic hydroxyl groups is 1. The number of likely N-dealkylation sites (N-methyl/N-ethyl adjacent to an activating group) is 1. The molecule has 0 aromatic heterocycles. The lowest BCUT2D eigenvalue weighted by Gasteiger charge is -2.47. The number of Topliss-reactive ketones (excluding diaryl/α,β-unsaturated/α-hetero) is 1. The SMILES string of the molecule is CN(C(=O)OC(C)(C)C)[C@@]1(c2c(F)cc(F)cc2F)CCC[C@](C)(O)C1=O. The maximum Gasteiger partial charge on any atom is 0.411 e. The zero-order valence-electron chi connectivity index (χ0n) is 16.0. The summed E-state index contributed by atoms with van der Waals surface area (Å²) in [6.45, 7) is 6.03. The first-order valence-electron chi connectivity index (χ1n) is 8.61. The van der Waals surface area contributed by atoms with E-state index in [2.05, 4.69) is 0 Å². The number of carbonyl (C=O) groups excluding carboxylic acids is 2. The molecular weight excluding hydrogens is 363 g/mol. The summed E-state index contributed by atoms with van der Waals surface area (Å²) in [5.74, 6) is -4.72. The van der Waals surface area contributed by atoms with Gasteiger partial charge in [0.1, 0.15) is 34.2 Å². The molecule has 8 heteroatoms. The number of amides is 1. The standard InChI is InChI=1S/C19H24F3NO4/c1-17(2,3)27-16(25)23(5)19(8-6-7-18(4,26)15(19)24)14-12(21)9-11(20)10-13(14)22/h9-10,26H,6-8H2,1-5H3/t18-,19+/m0/s1. The minimum Gasteiger partial charge on any atom is -0.444 e. The minimum atomic E-state index is -2.16. The first-order chi connectivity index (χ1) is 12.2. The van der Waals surface area contributed by atoms with Crippen LogP contribution in [0.2, 0.25) is 0 Å². The van der Waals surface area contributed by atoms with Crippen molar-refractivity contribution in [3.8, 4) is 0 Å². The molecule has 1 N–H and O–H groups in total.